The second-order valence-corrected chi connectivity index (χ2v) is 5.31. The molecule has 1 amide bonds. The number of nitro groups is 1. The Kier molecular flexibility index (Phi) is 4.72. The molecule has 6 nitrogen and oxygen atoms in total. The van der Waals surface area contributed by atoms with Gasteiger partial charge in [0.15, 0.2) is 0 Å². The molecule has 0 spiro atoms. The van der Waals surface area contributed by atoms with Crippen molar-refractivity contribution in [2.45, 2.75) is 44.6 Å². The van der Waals surface area contributed by atoms with Gasteiger partial charge in [-0.1, -0.05) is 25.7 Å². The van der Waals surface area contributed by atoms with Crippen LogP contribution in [0.1, 0.15) is 48.9 Å². The van der Waals surface area contributed by atoms with Crippen LogP contribution in [0.3, 0.4) is 0 Å². The van der Waals surface area contributed by atoms with Crippen molar-refractivity contribution in [1.29, 1.82) is 0 Å². The molecule has 0 bridgehead atoms. The van der Waals surface area contributed by atoms with Crippen LogP contribution >= 0.6 is 0 Å². The van der Waals surface area contributed by atoms with E-state index >= 15 is 0 Å². The van der Waals surface area contributed by atoms with Crippen molar-refractivity contribution in [1.82, 2.24) is 5.32 Å². The number of rotatable bonds is 3. The van der Waals surface area contributed by atoms with Gasteiger partial charge >= 0.3 is 0 Å². The standard InChI is InChI=1S/C14H18FN3O3/c15-9-7-11(13(16)12(8-9)18(20)21)14(19)17-10-5-3-1-2-4-6-10/h7-8,10H,1-6,16H2,(H,17,19). The molecule has 0 radical (unpaired) electrons. The van der Waals surface area contributed by atoms with Crippen LogP contribution in [0.25, 0.3) is 0 Å². The molecule has 7 heteroatoms. The molecule has 0 atom stereocenters. The van der Waals surface area contributed by atoms with E-state index in [1.807, 2.05) is 0 Å². The van der Waals surface area contributed by atoms with E-state index in [2.05, 4.69) is 5.32 Å². The number of nitrogens with one attached hydrogen (secondary N) is 1. The molecule has 0 aromatic heterocycles. The van der Waals surface area contributed by atoms with Crippen LogP contribution in [0, 0.1) is 15.9 Å². The van der Waals surface area contributed by atoms with E-state index in [-0.39, 0.29) is 17.3 Å². The predicted molar refractivity (Wildman–Crippen MR) is 76.4 cm³/mol. The molecule has 2 rings (SSSR count). The minimum Gasteiger partial charge on any atom is -0.393 e. The van der Waals surface area contributed by atoms with Gasteiger partial charge in [-0.05, 0) is 18.9 Å². The minimum absolute atomic E-state index is 0.0155. The second kappa shape index (κ2) is 6.51. The van der Waals surface area contributed by atoms with Gasteiger partial charge in [-0.2, -0.15) is 0 Å². The molecule has 1 aliphatic carbocycles. The molecule has 0 heterocycles. The first kappa shape index (κ1) is 15.2. The van der Waals surface area contributed by atoms with Crippen molar-refractivity contribution in [3.63, 3.8) is 0 Å². The number of carbonyl (C=O) groups is 1. The highest BCUT2D eigenvalue weighted by molar-refractivity contribution is 6.01. The molecule has 0 aliphatic heterocycles. The van der Waals surface area contributed by atoms with Crippen molar-refractivity contribution in [3.05, 3.63) is 33.6 Å². The van der Waals surface area contributed by atoms with Gasteiger partial charge in [0.25, 0.3) is 11.6 Å². The highest BCUT2D eigenvalue weighted by Crippen LogP contribution is 2.27. The van der Waals surface area contributed by atoms with Crippen LogP contribution < -0.4 is 11.1 Å². The SMILES string of the molecule is Nc1c(C(=O)NC2CCCCCC2)cc(F)cc1[N+](=O)[O-]. The number of nitrogens with zero attached hydrogens (tertiary/aromatic N) is 1. The summed E-state index contributed by atoms with van der Waals surface area (Å²) in [6.45, 7) is 0. The van der Waals surface area contributed by atoms with E-state index in [0.717, 1.165) is 50.7 Å². The predicted octanol–water partition coefficient (Wildman–Crippen LogP) is 2.77. The van der Waals surface area contributed by atoms with Gasteiger partial charge in [0.1, 0.15) is 11.5 Å². The van der Waals surface area contributed by atoms with Crippen LogP contribution in [0.2, 0.25) is 0 Å². The van der Waals surface area contributed by atoms with Crippen LogP contribution in [0.5, 0.6) is 0 Å². The van der Waals surface area contributed by atoms with Gasteiger partial charge in [0, 0.05) is 6.04 Å². The molecular weight excluding hydrogens is 277 g/mol. The zero-order valence-corrected chi connectivity index (χ0v) is 11.6. The summed E-state index contributed by atoms with van der Waals surface area (Å²) in [6.07, 6.45) is 6.07. The summed E-state index contributed by atoms with van der Waals surface area (Å²) >= 11 is 0. The van der Waals surface area contributed by atoms with Gasteiger partial charge in [-0.3, -0.25) is 14.9 Å². The molecule has 3 N–H and O–H groups in total. The fraction of sp³-hybridized carbons (Fsp3) is 0.500. The maximum Gasteiger partial charge on any atom is 0.295 e. The number of anilines is 1. The van der Waals surface area contributed by atoms with Crippen LogP contribution in [0.4, 0.5) is 15.8 Å². The Labute approximate surface area is 121 Å². The Bertz CT molecular complexity index is 555. The molecule has 1 saturated carbocycles. The minimum atomic E-state index is -0.845. The first-order valence-electron chi connectivity index (χ1n) is 7.03. The van der Waals surface area contributed by atoms with Crippen molar-refractivity contribution in [2.75, 3.05) is 5.73 Å². The number of carbonyl (C=O) groups excluding carboxylic acids is 1. The van der Waals surface area contributed by atoms with Gasteiger partial charge in [-0.15, -0.1) is 0 Å². The first-order valence-corrected chi connectivity index (χ1v) is 7.03. The summed E-state index contributed by atoms with van der Waals surface area (Å²) in [5.74, 6) is -1.40. The Morgan fingerprint density at radius 2 is 1.90 bits per heavy atom. The molecule has 21 heavy (non-hydrogen) atoms. The third kappa shape index (κ3) is 3.68. The number of nitrogen functional groups attached to an aromatic ring is 1. The van der Waals surface area contributed by atoms with Crippen LogP contribution in [-0.4, -0.2) is 16.9 Å². The molecule has 1 fully saturated rings. The normalized spacial score (nSPS) is 16.2. The van der Waals surface area contributed by atoms with E-state index in [1.54, 1.807) is 0 Å². The summed E-state index contributed by atoms with van der Waals surface area (Å²) in [5, 5.41) is 13.6. The van der Waals surface area contributed by atoms with Gasteiger partial charge in [0.05, 0.1) is 16.6 Å². The summed E-state index contributed by atoms with van der Waals surface area (Å²) in [5.41, 5.74) is 4.56. The van der Waals surface area contributed by atoms with Crippen molar-refractivity contribution in [2.24, 2.45) is 0 Å². The Morgan fingerprint density at radius 1 is 1.29 bits per heavy atom. The zero-order chi connectivity index (χ0) is 15.4. The highest BCUT2D eigenvalue weighted by Gasteiger charge is 2.23. The van der Waals surface area contributed by atoms with Crippen LogP contribution in [-0.2, 0) is 0 Å². The monoisotopic (exact) mass is 295 g/mol. The van der Waals surface area contributed by atoms with Crippen molar-refractivity contribution >= 4 is 17.3 Å². The Balaban J connectivity index is 2.20. The molecular formula is C14H18FN3O3. The summed E-state index contributed by atoms with van der Waals surface area (Å²) in [6, 6.07) is 1.67. The highest BCUT2D eigenvalue weighted by atomic mass is 19.1. The Hall–Kier alpha value is -2.18. The maximum absolute atomic E-state index is 13.4. The Morgan fingerprint density at radius 3 is 2.48 bits per heavy atom. The third-order valence-corrected chi connectivity index (χ3v) is 3.75. The van der Waals surface area contributed by atoms with Crippen molar-refractivity contribution in [3.8, 4) is 0 Å². The number of nitrogens with two attached hydrogens (primary N) is 1. The van der Waals surface area contributed by atoms with Gasteiger partial charge in [-0.25, -0.2) is 4.39 Å². The summed E-state index contributed by atoms with van der Waals surface area (Å²) in [7, 11) is 0. The van der Waals surface area contributed by atoms with E-state index in [9.17, 15) is 19.3 Å². The molecule has 0 unspecified atom stereocenters. The topological polar surface area (TPSA) is 98.3 Å². The fourth-order valence-electron chi connectivity index (χ4n) is 2.63. The number of hydrogen-bond acceptors (Lipinski definition) is 4. The third-order valence-electron chi connectivity index (χ3n) is 3.75. The van der Waals surface area contributed by atoms with Gasteiger partial charge in [0.2, 0.25) is 0 Å². The smallest absolute Gasteiger partial charge is 0.295 e. The maximum atomic E-state index is 13.4. The quantitative estimate of drug-likeness (QED) is 0.387. The van der Waals surface area contributed by atoms with Gasteiger partial charge < -0.3 is 11.1 Å². The number of amides is 1. The number of nitro benzene ring substituents is 1. The number of halogens is 1. The van der Waals surface area contributed by atoms with E-state index < -0.39 is 22.3 Å². The lowest BCUT2D eigenvalue weighted by Crippen LogP contribution is -2.35. The molecule has 114 valence electrons. The second-order valence-electron chi connectivity index (χ2n) is 5.31. The van der Waals surface area contributed by atoms with E-state index in [1.165, 1.54) is 0 Å². The first-order chi connectivity index (χ1) is 9.99. The molecule has 1 aliphatic rings. The largest absolute Gasteiger partial charge is 0.393 e. The van der Waals surface area contributed by atoms with Crippen LogP contribution in [0.15, 0.2) is 12.1 Å². The molecule has 0 saturated heterocycles. The average molecular weight is 295 g/mol. The lowest BCUT2D eigenvalue weighted by Gasteiger charge is -2.17. The number of hydrogen-bond donors (Lipinski definition) is 2. The average Bonchev–Trinajstić information content (AvgIpc) is 2.69. The molecule has 1 aromatic rings. The number of benzene rings is 1. The van der Waals surface area contributed by atoms with E-state index in [4.69, 9.17) is 5.73 Å². The summed E-state index contributed by atoms with van der Waals surface area (Å²) in [4.78, 5) is 22.2. The lowest BCUT2D eigenvalue weighted by molar-refractivity contribution is -0.384. The molecule has 1 aromatic carbocycles. The van der Waals surface area contributed by atoms with Crippen molar-refractivity contribution < 1.29 is 14.1 Å². The van der Waals surface area contributed by atoms with E-state index in [0.29, 0.717) is 0 Å². The zero-order valence-electron chi connectivity index (χ0n) is 11.6. The lowest BCUT2D eigenvalue weighted by atomic mass is 10.1. The fourth-order valence-corrected chi connectivity index (χ4v) is 2.63. The summed E-state index contributed by atoms with van der Waals surface area (Å²) < 4.78 is 13.4.